The smallest absolute Gasteiger partial charge is 0.255 e. The van der Waals surface area contributed by atoms with E-state index in [-0.39, 0.29) is 5.91 Å². The molecule has 4 rings (SSSR count). The van der Waals surface area contributed by atoms with Gasteiger partial charge in [0.05, 0.1) is 0 Å². The number of rotatable bonds is 4. The number of aromatic amines is 1. The molecule has 0 atom stereocenters. The lowest BCUT2D eigenvalue weighted by Crippen LogP contribution is -2.12. The number of imidazole rings is 1. The summed E-state index contributed by atoms with van der Waals surface area (Å²) in [5.41, 5.74) is 4.42. The summed E-state index contributed by atoms with van der Waals surface area (Å²) in [6.07, 6.45) is 3.63. The Bertz CT molecular complexity index is 1130. The third-order valence-electron chi connectivity index (χ3n) is 4.29. The van der Waals surface area contributed by atoms with Crippen molar-refractivity contribution in [3.63, 3.8) is 0 Å². The van der Waals surface area contributed by atoms with Crippen LogP contribution in [0.2, 0.25) is 0 Å². The lowest BCUT2D eigenvalue weighted by atomic mass is 10.0. The molecule has 5 heteroatoms. The van der Waals surface area contributed by atoms with E-state index >= 15 is 0 Å². The van der Waals surface area contributed by atoms with Gasteiger partial charge >= 0.3 is 0 Å². The summed E-state index contributed by atoms with van der Waals surface area (Å²) in [4.78, 5) is 15.5. The van der Waals surface area contributed by atoms with E-state index in [0.29, 0.717) is 16.0 Å². The normalized spacial score (nSPS) is 10.5. The van der Waals surface area contributed by atoms with Gasteiger partial charge in [-0.1, -0.05) is 48.5 Å². The summed E-state index contributed by atoms with van der Waals surface area (Å²) in [6.45, 7) is 0. The van der Waals surface area contributed by atoms with Crippen molar-refractivity contribution in [2.45, 2.75) is 0 Å². The second kappa shape index (κ2) is 7.43. The molecule has 2 N–H and O–H groups in total. The Morgan fingerprint density at radius 1 is 0.889 bits per heavy atom. The topological polar surface area (TPSA) is 49.8 Å². The van der Waals surface area contributed by atoms with Crippen LogP contribution in [0, 0.1) is 4.77 Å². The van der Waals surface area contributed by atoms with Gasteiger partial charge in [0.2, 0.25) is 0 Å². The van der Waals surface area contributed by atoms with Crippen molar-refractivity contribution in [3.8, 4) is 16.8 Å². The van der Waals surface area contributed by atoms with Crippen LogP contribution in [0.1, 0.15) is 10.4 Å². The SMILES string of the molecule is O=C(Nc1cccc(-n2cc[nH]c2=S)c1)c1ccc(-c2ccccc2)cc1. The van der Waals surface area contributed by atoms with Gasteiger partial charge in [-0.15, -0.1) is 0 Å². The van der Waals surface area contributed by atoms with Gasteiger partial charge in [-0.2, -0.15) is 0 Å². The monoisotopic (exact) mass is 371 g/mol. The highest BCUT2D eigenvalue weighted by Crippen LogP contribution is 2.20. The van der Waals surface area contributed by atoms with E-state index in [2.05, 4.69) is 10.3 Å². The molecular weight excluding hydrogens is 354 g/mol. The lowest BCUT2D eigenvalue weighted by molar-refractivity contribution is 0.102. The molecule has 0 radical (unpaired) electrons. The number of nitrogens with one attached hydrogen (secondary N) is 2. The highest BCUT2D eigenvalue weighted by atomic mass is 32.1. The molecule has 1 aromatic heterocycles. The number of H-pyrrole nitrogens is 1. The number of nitrogens with zero attached hydrogens (tertiary/aromatic N) is 1. The quantitative estimate of drug-likeness (QED) is 0.468. The standard InChI is InChI=1S/C22H17N3OS/c26-21(18-11-9-17(10-12-18)16-5-2-1-3-6-16)24-19-7-4-8-20(15-19)25-14-13-23-22(25)27/h1-15H,(H,23,27)(H,24,26). The largest absolute Gasteiger partial charge is 0.337 e. The van der Waals surface area contributed by atoms with Gasteiger partial charge in [0.15, 0.2) is 4.77 Å². The van der Waals surface area contributed by atoms with Crippen LogP contribution in [-0.4, -0.2) is 15.5 Å². The first-order valence-corrected chi connectivity index (χ1v) is 8.95. The van der Waals surface area contributed by atoms with Crippen LogP contribution in [0.25, 0.3) is 16.8 Å². The average molecular weight is 371 g/mol. The number of hydrogen-bond acceptors (Lipinski definition) is 2. The van der Waals surface area contributed by atoms with E-state index in [9.17, 15) is 4.79 Å². The maximum Gasteiger partial charge on any atom is 0.255 e. The molecular formula is C22H17N3OS. The molecule has 27 heavy (non-hydrogen) atoms. The Balaban J connectivity index is 1.53. The van der Waals surface area contributed by atoms with Gasteiger partial charge in [0.1, 0.15) is 0 Å². The first-order valence-electron chi connectivity index (χ1n) is 8.54. The van der Waals surface area contributed by atoms with E-state index < -0.39 is 0 Å². The molecule has 1 amide bonds. The molecule has 3 aromatic carbocycles. The number of carbonyl (C=O) groups is 1. The molecule has 0 aliphatic rings. The summed E-state index contributed by atoms with van der Waals surface area (Å²) >= 11 is 5.25. The highest BCUT2D eigenvalue weighted by molar-refractivity contribution is 7.71. The molecule has 4 nitrogen and oxygen atoms in total. The predicted octanol–water partition coefficient (Wildman–Crippen LogP) is 5.45. The minimum atomic E-state index is -0.149. The lowest BCUT2D eigenvalue weighted by Gasteiger charge is -2.09. The molecule has 0 aliphatic heterocycles. The van der Waals surface area contributed by atoms with Gasteiger partial charge in [-0.3, -0.25) is 9.36 Å². The van der Waals surface area contributed by atoms with Crippen molar-refractivity contribution >= 4 is 23.8 Å². The Morgan fingerprint density at radius 2 is 1.63 bits per heavy atom. The fourth-order valence-corrected chi connectivity index (χ4v) is 3.14. The minimum absolute atomic E-state index is 0.149. The second-order valence-corrected chi connectivity index (χ2v) is 6.47. The van der Waals surface area contributed by atoms with Gasteiger partial charge in [0, 0.05) is 29.3 Å². The van der Waals surface area contributed by atoms with Crippen LogP contribution in [0.15, 0.2) is 91.3 Å². The van der Waals surface area contributed by atoms with Crippen LogP contribution in [-0.2, 0) is 0 Å². The predicted molar refractivity (Wildman–Crippen MR) is 111 cm³/mol. The summed E-state index contributed by atoms with van der Waals surface area (Å²) in [7, 11) is 0. The Morgan fingerprint density at radius 3 is 2.33 bits per heavy atom. The molecule has 0 saturated carbocycles. The van der Waals surface area contributed by atoms with Crippen LogP contribution < -0.4 is 5.32 Å². The Labute approximate surface area is 162 Å². The molecule has 0 spiro atoms. The van der Waals surface area contributed by atoms with Crippen LogP contribution >= 0.6 is 12.2 Å². The Kier molecular flexibility index (Phi) is 4.68. The minimum Gasteiger partial charge on any atom is -0.337 e. The molecule has 0 unspecified atom stereocenters. The number of benzene rings is 3. The first-order chi connectivity index (χ1) is 13.2. The number of aromatic nitrogens is 2. The number of anilines is 1. The number of carbonyl (C=O) groups excluding carboxylic acids is 1. The molecule has 4 aromatic rings. The third kappa shape index (κ3) is 3.73. The fraction of sp³-hybridized carbons (Fsp3) is 0. The highest BCUT2D eigenvalue weighted by Gasteiger charge is 2.08. The summed E-state index contributed by atoms with van der Waals surface area (Å²) in [5, 5.41) is 2.94. The van der Waals surface area contributed by atoms with Gasteiger partial charge in [-0.05, 0) is 53.7 Å². The third-order valence-corrected chi connectivity index (χ3v) is 4.60. The van der Waals surface area contributed by atoms with Crippen LogP contribution in [0.5, 0.6) is 0 Å². The van der Waals surface area contributed by atoms with E-state index in [1.165, 1.54) is 0 Å². The first kappa shape index (κ1) is 17.0. The molecule has 0 aliphatic carbocycles. The number of amides is 1. The summed E-state index contributed by atoms with van der Waals surface area (Å²) in [6, 6.07) is 25.2. The summed E-state index contributed by atoms with van der Waals surface area (Å²) in [5.74, 6) is -0.149. The van der Waals surface area contributed by atoms with Crippen molar-refractivity contribution in [2.24, 2.45) is 0 Å². The van der Waals surface area contributed by atoms with E-state index in [1.807, 2.05) is 89.6 Å². The molecule has 0 bridgehead atoms. The molecule has 0 saturated heterocycles. The van der Waals surface area contributed by atoms with Crippen molar-refractivity contribution < 1.29 is 4.79 Å². The van der Waals surface area contributed by atoms with Crippen molar-refractivity contribution in [3.05, 3.63) is 102 Å². The maximum atomic E-state index is 12.6. The van der Waals surface area contributed by atoms with Crippen LogP contribution in [0.3, 0.4) is 0 Å². The average Bonchev–Trinajstić information content (AvgIpc) is 3.15. The molecule has 1 heterocycles. The van der Waals surface area contributed by atoms with Gasteiger partial charge in [-0.25, -0.2) is 0 Å². The Hall–Kier alpha value is -3.44. The van der Waals surface area contributed by atoms with Crippen LogP contribution in [0.4, 0.5) is 5.69 Å². The van der Waals surface area contributed by atoms with Gasteiger partial charge < -0.3 is 10.3 Å². The van der Waals surface area contributed by atoms with Crippen molar-refractivity contribution in [1.82, 2.24) is 9.55 Å². The van der Waals surface area contributed by atoms with Crippen molar-refractivity contribution in [1.29, 1.82) is 0 Å². The number of hydrogen-bond donors (Lipinski definition) is 2. The second-order valence-electron chi connectivity index (χ2n) is 6.08. The zero-order valence-corrected chi connectivity index (χ0v) is 15.2. The summed E-state index contributed by atoms with van der Waals surface area (Å²) < 4.78 is 2.45. The van der Waals surface area contributed by atoms with E-state index in [0.717, 1.165) is 16.8 Å². The van der Waals surface area contributed by atoms with E-state index in [4.69, 9.17) is 12.2 Å². The zero-order chi connectivity index (χ0) is 18.6. The van der Waals surface area contributed by atoms with E-state index in [1.54, 1.807) is 6.20 Å². The molecule has 0 fully saturated rings. The van der Waals surface area contributed by atoms with Crippen molar-refractivity contribution in [2.75, 3.05) is 5.32 Å². The van der Waals surface area contributed by atoms with Gasteiger partial charge in [0.25, 0.3) is 5.91 Å². The fourth-order valence-electron chi connectivity index (χ4n) is 2.91. The zero-order valence-electron chi connectivity index (χ0n) is 14.4. The molecule has 132 valence electrons. The maximum absolute atomic E-state index is 12.6.